The quantitative estimate of drug-likeness (QED) is 0.892. The van der Waals surface area contributed by atoms with Gasteiger partial charge in [0, 0.05) is 24.3 Å². The van der Waals surface area contributed by atoms with Crippen LogP contribution in [-0.4, -0.2) is 25.2 Å². The highest BCUT2D eigenvalue weighted by atomic mass is 15.2. The maximum absolute atomic E-state index is 3.65. The number of nitrogens with zero attached hydrogens (tertiary/aromatic N) is 1. The van der Waals surface area contributed by atoms with Gasteiger partial charge in [0.2, 0.25) is 0 Å². The molecule has 0 bridgehead atoms. The average Bonchev–Trinajstić information content (AvgIpc) is 2.44. The standard InChI is InChI=1S/C18H30N2/c1-6-19-17-11-12-20(15(5)14(17)4)18-10-8-7-9-16(18)13(2)3/h7-10,13-15,17,19H,6,11-12H2,1-5H3. The summed E-state index contributed by atoms with van der Waals surface area (Å²) >= 11 is 0. The Morgan fingerprint density at radius 2 is 1.95 bits per heavy atom. The van der Waals surface area contributed by atoms with E-state index in [9.17, 15) is 0 Å². The molecule has 1 heterocycles. The summed E-state index contributed by atoms with van der Waals surface area (Å²) in [6, 6.07) is 10.2. The smallest absolute Gasteiger partial charge is 0.0403 e. The predicted molar refractivity (Wildman–Crippen MR) is 88.6 cm³/mol. The molecule has 1 aliphatic rings. The van der Waals surface area contributed by atoms with Crippen LogP contribution in [0, 0.1) is 5.92 Å². The van der Waals surface area contributed by atoms with Crippen LogP contribution < -0.4 is 10.2 Å². The molecule has 112 valence electrons. The summed E-state index contributed by atoms with van der Waals surface area (Å²) in [5.74, 6) is 1.27. The van der Waals surface area contributed by atoms with Crippen molar-refractivity contribution in [1.29, 1.82) is 0 Å². The summed E-state index contributed by atoms with van der Waals surface area (Å²) < 4.78 is 0. The van der Waals surface area contributed by atoms with E-state index in [-0.39, 0.29) is 0 Å². The van der Waals surface area contributed by atoms with Crippen molar-refractivity contribution < 1.29 is 0 Å². The normalized spacial score (nSPS) is 27.1. The van der Waals surface area contributed by atoms with Crippen molar-refractivity contribution in [3.05, 3.63) is 29.8 Å². The molecular weight excluding hydrogens is 244 g/mol. The van der Waals surface area contributed by atoms with Crippen LogP contribution in [0.25, 0.3) is 0 Å². The van der Waals surface area contributed by atoms with E-state index in [0.717, 1.165) is 13.1 Å². The van der Waals surface area contributed by atoms with E-state index in [4.69, 9.17) is 0 Å². The molecule has 1 fully saturated rings. The number of benzene rings is 1. The summed E-state index contributed by atoms with van der Waals surface area (Å²) in [4.78, 5) is 2.62. The molecule has 2 nitrogen and oxygen atoms in total. The van der Waals surface area contributed by atoms with Gasteiger partial charge in [0.25, 0.3) is 0 Å². The van der Waals surface area contributed by atoms with Crippen molar-refractivity contribution in [2.45, 2.75) is 59.0 Å². The van der Waals surface area contributed by atoms with Gasteiger partial charge in [-0.3, -0.25) is 0 Å². The Balaban J connectivity index is 2.22. The van der Waals surface area contributed by atoms with E-state index in [1.54, 1.807) is 0 Å². The van der Waals surface area contributed by atoms with Gasteiger partial charge in [-0.2, -0.15) is 0 Å². The second-order valence-electron chi connectivity index (χ2n) is 6.46. The fraction of sp³-hybridized carbons (Fsp3) is 0.667. The van der Waals surface area contributed by atoms with Crippen LogP contribution in [0.4, 0.5) is 5.69 Å². The summed E-state index contributed by atoms with van der Waals surface area (Å²) in [6.07, 6.45) is 1.24. The minimum Gasteiger partial charge on any atom is -0.368 e. The zero-order chi connectivity index (χ0) is 14.7. The molecule has 1 aromatic carbocycles. The lowest BCUT2D eigenvalue weighted by atomic mass is 9.85. The number of hydrogen-bond acceptors (Lipinski definition) is 2. The minimum atomic E-state index is 0.584. The molecule has 1 aliphatic heterocycles. The zero-order valence-corrected chi connectivity index (χ0v) is 13.7. The van der Waals surface area contributed by atoms with Crippen LogP contribution in [0.1, 0.15) is 52.5 Å². The first-order valence-corrected chi connectivity index (χ1v) is 8.15. The van der Waals surface area contributed by atoms with Crippen molar-refractivity contribution in [3.63, 3.8) is 0 Å². The van der Waals surface area contributed by atoms with Crippen LogP contribution in [-0.2, 0) is 0 Å². The lowest BCUT2D eigenvalue weighted by Crippen LogP contribution is -2.53. The maximum atomic E-state index is 3.65. The summed E-state index contributed by atoms with van der Waals surface area (Å²) in [6.45, 7) is 13.8. The van der Waals surface area contributed by atoms with Crippen LogP contribution in [0.5, 0.6) is 0 Å². The fourth-order valence-electron chi connectivity index (χ4n) is 3.49. The highest BCUT2D eigenvalue weighted by Gasteiger charge is 2.32. The zero-order valence-electron chi connectivity index (χ0n) is 13.7. The topological polar surface area (TPSA) is 15.3 Å². The largest absolute Gasteiger partial charge is 0.368 e. The van der Waals surface area contributed by atoms with Crippen molar-refractivity contribution >= 4 is 5.69 Å². The van der Waals surface area contributed by atoms with Crippen LogP contribution in [0.3, 0.4) is 0 Å². The van der Waals surface area contributed by atoms with E-state index in [2.05, 4.69) is 69.1 Å². The SMILES string of the molecule is CCNC1CCN(c2ccccc2C(C)C)C(C)C1C. The van der Waals surface area contributed by atoms with Gasteiger partial charge in [-0.1, -0.05) is 45.9 Å². The number of rotatable bonds is 4. The Bertz CT molecular complexity index is 427. The predicted octanol–water partition coefficient (Wildman–Crippen LogP) is 4.02. The molecule has 2 heteroatoms. The third kappa shape index (κ3) is 3.01. The van der Waals surface area contributed by atoms with Gasteiger partial charge >= 0.3 is 0 Å². The second-order valence-corrected chi connectivity index (χ2v) is 6.46. The Morgan fingerprint density at radius 3 is 2.60 bits per heavy atom. The molecule has 0 spiro atoms. The highest BCUT2D eigenvalue weighted by molar-refractivity contribution is 5.56. The molecule has 20 heavy (non-hydrogen) atoms. The summed E-state index contributed by atoms with van der Waals surface area (Å²) in [5, 5.41) is 3.65. The highest BCUT2D eigenvalue weighted by Crippen LogP contribution is 2.33. The van der Waals surface area contributed by atoms with Gasteiger partial charge in [0.1, 0.15) is 0 Å². The summed E-state index contributed by atoms with van der Waals surface area (Å²) in [7, 11) is 0. The van der Waals surface area contributed by atoms with E-state index in [1.165, 1.54) is 17.7 Å². The van der Waals surface area contributed by atoms with Gasteiger partial charge < -0.3 is 10.2 Å². The monoisotopic (exact) mass is 274 g/mol. The number of para-hydroxylation sites is 1. The average molecular weight is 274 g/mol. The first-order valence-electron chi connectivity index (χ1n) is 8.15. The molecule has 3 atom stereocenters. The molecule has 0 aliphatic carbocycles. The van der Waals surface area contributed by atoms with Crippen molar-refractivity contribution in [1.82, 2.24) is 5.32 Å². The third-order valence-electron chi connectivity index (χ3n) is 4.90. The van der Waals surface area contributed by atoms with E-state index < -0.39 is 0 Å². The first-order chi connectivity index (χ1) is 9.56. The van der Waals surface area contributed by atoms with E-state index in [1.807, 2.05) is 0 Å². The molecule has 0 saturated carbocycles. The third-order valence-corrected chi connectivity index (χ3v) is 4.90. The van der Waals surface area contributed by atoms with Crippen molar-refractivity contribution in [2.75, 3.05) is 18.0 Å². The van der Waals surface area contributed by atoms with Gasteiger partial charge in [-0.15, -0.1) is 0 Å². The van der Waals surface area contributed by atoms with Gasteiger partial charge in [-0.05, 0) is 43.4 Å². The molecule has 2 rings (SSSR count). The minimum absolute atomic E-state index is 0.584. The number of piperidine rings is 1. The Labute approximate surface area is 124 Å². The lowest BCUT2D eigenvalue weighted by molar-refractivity contribution is 0.274. The molecule has 0 aromatic heterocycles. The second kappa shape index (κ2) is 6.62. The number of anilines is 1. The maximum Gasteiger partial charge on any atom is 0.0403 e. The van der Waals surface area contributed by atoms with Crippen LogP contribution >= 0.6 is 0 Å². The number of hydrogen-bond donors (Lipinski definition) is 1. The lowest BCUT2D eigenvalue weighted by Gasteiger charge is -2.45. The van der Waals surface area contributed by atoms with Crippen molar-refractivity contribution in [3.8, 4) is 0 Å². The molecule has 1 aromatic rings. The van der Waals surface area contributed by atoms with E-state index in [0.29, 0.717) is 23.9 Å². The molecular formula is C18H30N2. The molecule has 1 saturated heterocycles. The Kier molecular flexibility index (Phi) is 5.09. The van der Waals surface area contributed by atoms with E-state index >= 15 is 0 Å². The molecule has 0 amide bonds. The summed E-state index contributed by atoms with van der Waals surface area (Å²) in [5.41, 5.74) is 2.92. The molecule has 0 radical (unpaired) electrons. The van der Waals surface area contributed by atoms with Crippen molar-refractivity contribution in [2.24, 2.45) is 5.92 Å². The van der Waals surface area contributed by atoms with Gasteiger partial charge in [0.05, 0.1) is 0 Å². The number of nitrogens with one attached hydrogen (secondary N) is 1. The van der Waals surface area contributed by atoms with Gasteiger partial charge in [0.15, 0.2) is 0 Å². The van der Waals surface area contributed by atoms with Crippen LogP contribution in [0.15, 0.2) is 24.3 Å². The molecule has 1 N–H and O–H groups in total. The Morgan fingerprint density at radius 1 is 1.25 bits per heavy atom. The van der Waals surface area contributed by atoms with Crippen LogP contribution in [0.2, 0.25) is 0 Å². The first kappa shape index (κ1) is 15.4. The van der Waals surface area contributed by atoms with Gasteiger partial charge in [-0.25, -0.2) is 0 Å². The molecule has 3 unspecified atom stereocenters. The Hall–Kier alpha value is -1.02. The fourth-order valence-corrected chi connectivity index (χ4v) is 3.49.